The van der Waals surface area contributed by atoms with Gasteiger partial charge in [-0.2, -0.15) is 0 Å². The van der Waals surface area contributed by atoms with Crippen LogP contribution in [0.25, 0.3) is 0 Å². The van der Waals surface area contributed by atoms with E-state index in [1.807, 2.05) is 18.2 Å². The van der Waals surface area contributed by atoms with Gasteiger partial charge in [0.1, 0.15) is 0 Å². The van der Waals surface area contributed by atoms with E-state index in [9.17, 15) is 0 Å². The molecule has 0 saturated heterocycles. The maximum absolute atomic E-state index is 8.68. The van der Waals surface area contributed by atoms with E-state index in [-0.39, 0.29) is 6.61 Å². The zero-order chi connectivity index (χ0) is 11.6. The summed E-state index contributed by atoms with van der Waals surface area (Å²) < 4.78 is 5.53. The molecule has 0 radical (unpaired) electrons. The fraction of sp³-hybridized carbons (Fsp3) is 0.429. The molecule has 0 aliphatic rings. The molecule has 88 valence electrons. The maximum atomic E-state index is 8.68. The number of rotatable bonds is 7. The average molecular weight is 220 g/mol. The van der Waals surface area contributed by atoms with Crippen LogP contribution in [0.4, 0.5) is 0 Å². The van der Waals surface area contributed by atoms with Crippen molar-refractivity contribution >= 4 is 0 Å². The lowest BCUT2D eigenvalue weighted by atomic mass is 10.1. The molecular formula is C14H20O2. The van der Waals surface area contributed by atoms with Crippen molar-refractivity contribution in [2.45, 2.75) is 26.4 Å². The highest BCUT2D eigenvalue weighted by molar-refractivity contribution is 5.13. The normalized spacial score (nSPS) is 11.8. The van der Waals surface area contributed by atoms with E-state index in [1.165, 1.54) is 11.1 Å². The monoisotopic (exact) mass is 220 g/mol. The zero-order valence-electron chi connectivity index (χ0n) is 9.86. The van der Waals surface area contributed by atoms with Crippen molar-refractivity contribution in [2.75, 3.05) is 13.2 Å². The van der Waals surface area contributed by atoms with Crippen molar-refractivity contribution in [1.82, 2.24) is 0 Å². The number of ether oxygens (including phenoxy) is 1. The van der Waals surface area contributed by atoms with Crippen LogP contribution in [-0.2, 0) is 11.3 Å². The molecular weight excluding hydrogens is 200 g/mol. The number of hydrogen-bond donors (Lipinski definition) is 1. The van der Waals surface area contributed by atoms with E-state index in [0.29, 0.717) is 13.2 Å². The lowest BCUT2D eigenvalue weighted by Crippen LogP contribution is -1.94. The molecule has 2 nitrogen and oxygen atoms in total. The fourth-order valence-corrected chi connectivity index (χ4v) is 1.41. The van der Waals surface area contributed by atoms with E-state index in [4.69, 9.17) is 9.84 Å². The lowest BCUT2D eigenvalue weighted by molar-refractivity contribution is 0.148. The quantitative estimate of drug-likeness (QED) is 0.565. The van der Waals surface area contributed by atoms with Crippen molar-refractivity contribution in [3.05, 3.63) is 47.5 Å². The number of hydrogen-bond acceptors (Lipinski definition) is 2. The smallest absolute Gasteiger partial charge is 0.0721 e. The first-order chi connectivity index (χ1) is 7.83. The van der Waals surface area contributed by atoms with Crippen molar-refractivity contribution in [3.63, 3.8) is 0 Å². The van der Waals surface area contributed by atoms with Gasteiger partial charge in [0.2, 0.25) is 0 Å². The van der Waals surface area contributed by atoms with Crippen LogP contribution in [0.15, 0.2) is 42.0 Å². The van der Waals surface area contributed by atoms with Crippen LogP contribution in [0.2, 0.25) is 0 Å². The molecule has 0 atom stereocenters. The van der Waals surface area contributed by atoms with Gasteiger partial charge in [-0.3, -0.25) is 0 Å². The van der Waals surface area contributed by atoms with Gasteiger partial charge >= 0.3 is 0 Å². The van der Waals surface area contributed by atoms with Gasteiger partial charge in [-0.1, -0.05) is 42.0 Å². The second-order valence-corrected chi connectivity index (χ2v) is 3.88. The molecule has 0 fully saturated rings. The molecule has 16 heavy (non-hydrogen) atoms. The van der Waals surface area contributed by atoms with Gasteiger partial charge < -0.3 is 9.84 Å². The molecule has 0 amide bonds. The van der Waals surface area contributed by atoms with E-state index >= 15 is 0 Å². The minimum atomic E-state index is 0.260. The van der Waals surface area contributed by atoms with Gasteiger partial charge in [0.25, 0.3) is 0 Å². The third kappa shape index (κ3) is 5.69. The van der Waals surface area contributed by atoms with Gasteiger partial charge in [0, 0.05) is 6.61 Å². The number of allylic oxidation sites excluding steroid dienone is 1. The maximum Gasteiger partial charge on any atom is 0.0721 e. The van der Waals surface area contributed by atoms with Gasteiger partial charge in [-0.15, -0.1) is 0 Å². The molecule has 0 bridgehead atoms. The molecule has 0 aromatic heterocycles. The Balaban J connectivity index is 2.16. The molecule has 1 rings (SSSR count). The first kappa shape index (κ1) is 12.9. The molecule has 0 aliphatic carbocycles. The Morgan fingerprint density at radius 1 is 1.31 bits per heavy atom. The van der Waals surface area contributed by atoms with E-state index in [1.54, 1.807) is 0 Å². The van der Waals surface area contributed by atoms with Crippen molar-refractivity contribution in [2.24, 2.45) is 0 Å². The molecule has 0 saturated carbocycles. The van der Waals surface area contributed by atoms with Crippen LogP contribution in [0.3, 0.4) is 0 Å². The fourth-order valence-electron chi connectivity index (χ4n) is 1.41. The third-order valence-corrected chi connectivity index (χ3v) is 2.39. The van der Waals surface area contributed by atoms with Crippen molar-refractivity contribution < 1.29 is 9.84 Å². The second kappa shape index (κ2) is 8.08. The summed E-state index contributed by atoms with van der Waals surface area (Å²) in [5.41, 5.74) is 2.48. The van der Waals surface area contributed by atoms with Crippen LogP contribution in [0.5, 0.6) is 0 Å². The minimum Gasteiger partial charge on any atom is -0.396 e. The molecule has 2 heteroatoms. The SMILES string of the molecule is C/C(=C/COCc1ccccc1)CCCO. The van der Waals surface area contributed by atoms with E-state index in [0.717, 1.165) is 12.8 Å². The molecule has 1 aromatic carbocycles. The number of benzene rings is 1. The summed E-state index contributed by atoms with van der Waals surface area (Å²) in [6.07, 6.45) is 3.87. The van der Waals surface area contributed by atoms with Crippen LogP contribution in [-0.4, -0.2) is 18.3 Å². The molecule has 1 N–H and O–H groups in total. The Bertz CT molecular complexity index is 304. The highest BCUT2D eigenvalue weighted by Gasteiger charge is 1.92. The summed E-state index contributed by atoms with van der Waals surface area (Å²) in [7, 11) is 0. The minimum absolute atomic E-state index is 0.260. The largest absolute Gasteiger partial charge is 0.396 e. The second-order valence-electron chi connectivity index (χ2n) is 3.88. The Kier molecular flexibility index (Phi) is 6.54. The van der Waals surface area contributed by atoms with Crippen LogP contribution in [0, 0.1) is 0 Å². The molecule has 0 spiro atoms. The van der Waals surface area contributed by atoms with Crippen LogP contribution >= 0.6 is 0 Å². The van der Waals surface area contributed by atoms with Gasteiger partial charge in [-0.25, -0.2) is 0 Å². The summed E-state index contributed by atoms with van der Waals surface area (Å²) in [4.78, 5) is 0. The van der Waals surface area contributed by atoms with Crippen LogP contribution < -0.4 is 0 Å². The topological polar surface area (TPSA) is 29.5 Å². The predicted molar refractivity (Wildman–Crippen MR) is 66.2 cm³/mol. The first-order valence-electron chi connectivity index (χ1n) is 5.71. The summed E-state index contributed by atoms with van der Waals surface area (Å²) in [5, 5.41) is 8.68. The van der Waals surface area contributed by atoms with Gasteiger partial charge in [-0.05, 0) is 25.3 Å². The molecule has 0 aliphatic heterocycles. The van der Waals surface area contributed by atoms with Gasteiger partial charge in [0.05, 0.1) is 13.2 Å². The van der Waals surface area contributed by atoms with E-state index < -0.39 is 0 Å². The molecule has 0 unspecified atom stereocenters. The highest BCUT2D eigenvalue weighted by atomic mass is 16.5. The lowest BCUT2D eigenvalue weighted by Gasteiger charge is -2.03. The molecule has 1 aromatic rings. The highest BCUT2D eigenvalue weighted by Crippen LogP contribution is 2.04. The van der Waals surface area contributed by atoms with Crippen LogP contribution in [0.1, 0.15) is 25.3 Å². The summed E-state index contributed by atoms with van der Waals surface area (Å²) in [5.74, 6) is 0. The Hall–Kier alpha value is -1.12. The predicted octanol–water partition coefficient (Wildman–Crippen LogP) is 2.92. The number of aliphatic hydroxyl groups is 1. The summed E-state index contributed by atoms with van der Waals surface area (Å²) >= 11 is 0. The first-order valence-corrected chi connectivity index (χ1v) is 5.71. The van der Waals surface area contributed by atoms with E-state index in [2.05, 4.69) is 25.1 Å². The third-order valence-electron chi connectivity index (χ3n) is 2.39. The summed E-state index contributed by atoms with van der Waals surface area (Å²) in [6.45, 7) is 3.63. The Labute approximate surface area is 97.6 Å². The van der Waals surface area contributed by atoms with Gasteiger partial charge in [0.15, 0.2) is 0 Å². The Morgan fingerprint density at radius 2 is 2.06 bits per heavy atom. The summed E-state index contributed by atoms with van der Waals surface area (Å²) in [6, 6.07) is 10.1. The Morgan fingerprint density at radius 3 is 2.75 bits per heavy atom. The van der Waals surface area contributed by atoms with Crippen molar-refractivity contribution in [3.8, 4) is 0 Å². The zero-order valence-corrected chi connectivity index (χ0v) is 9.86. The van der Waals surface area contributed by atoms with Crippen molar-refractivity contribution in [1.29, 1.82) is 0 Å². The molecule has 0 heterocycles. The number of aliphatic hydroxyl groups excluding tert-OH is 1. The average Bonchev–Trinajstić information content (AvgIpc) is 2.33. The standard InChI is InChI=1S/C14H20O2/c1-13(6-5-10-15)9-11-16-12-14-7-3-2-4-8-14/h2-4,7-9,15H,5-6,10-12H2,1H3/b13-9-.